The molecule has 0 saturated carbocycles. The van der Waals surface area contributed by atoms with Crippen molar-refractivity contribution in [2.45, 2.75) is 6.36 Å². The lowest BCUT2D eigenvalue weighted by Crippen LogP contribution is -2.17. The molecule has 0 aliphatic heterocycles. The van der Waals surface area contributed by atoms with Crippen LogP contribution < -0.4 is 10.1 Å². The Labute approximate surface area is 161 Å². The Hall–Kier alpha value is -3.95. The molecule has 4 rings (SSSR count). The van der Waals surface area contributed by atoms with Gasteiger partial charge < -0.3 is 10.1 Å². The molecule has 0 spiro atoms. The second-order valence-electron chi connectivity index (χ2n) is 5.92. The lowest BCUT2D eigenvalue weighted by Gasteiger charge is -2.10. The largest absolute Gasteiger partial charge is 0.573 e. The Morgan fingerprint density at radius 1 is 1.00 bits per heavy atom. The average Bonchev–Trinajstić information content (AvgIpc) is 3.13. The van der Waals surface area contributed by atoms with Crippen LogP contribution in [0.2, 0.25) is 0 Å². The van der Waals surface area contributed by atoms with Gasteiger partial charge in [-0.1, -0.05) is 5.21 Å². The first-order valence-electron chi connectivity index (χ1n) is 8.33. The number of anilines is 1. The first-order valence-corrected chi connectivity index (χ1v) is 8.33. The number of fused-ring (bicyclic) bond motifs is 1. The maximum absolute atomic E-state index is 12.4. The minimum Gasteiger partial charge on any atom is -0.406 e. The van der Waals surface area contributed by atoms with Crippen LogP contribution in [-0.4, -0.2) is 32.2 Å². The van der Waals surface area contributed by atoms with Gasteiger partial charge in [0.05, 0.1) is 5.69 Å². The third kappa shape index (κ3) is 4.15. The van der Waals surface area contributed by atoms with Crippen LogP contribution in [0.15, 0.2) is 66.9 Å². The molecule has 4 aromatic rings. The Balaban J connectivity index is 1.47. The molecule has 0 radical (unpaired) electrons. The van der Waals surface area contributed by atoms with Crippen LogP contribution in [-0.2, 0) is 0 Å². The van der Waals surface area contributed by atoms with Gasteiger partial charge in [0.15, 0.2) is 5.65 Å². The number of pyridine rings is 1. The third-order valence-electron chi connectivity index (χ3n) is 3.93. The number of rotatable bonds is 4. The van der Waals surface area contributed by atoms with Crippen molar-refractivity contribution >= 4 is 22.8 Å². The second kappa shape index (κ2) is 7.23. The molecule has 2 aromatic heterocycles. The molecule has 146 valence electrons. The van der Waals surface area contributed by atoms with Crippen LogP contribution in [0, 0.1) is 0 Å². The van der Waals surface area contributed by atoms with Crippen molar-refractivity contribution in [3.63, 3.8) is 0 Å². The van der Waals surface area contributed by atoms with Gasteiger partial charge in [0.1, 0.15) is 11.3 Å². The summed E-state index contributed by atoms with van der Waals surface area (Å²) in [4.78, 5) is 16.6. The molecule has 0 bridgehead atoms. The number of nitrogens with one attached hydrogen (secondary N) is 1. The predicted molar refractivity (Wildman–Crippen MR) is 97.7 cm³/mol. The number of nitrogens with zero attached hydrogens (tertiary/aromatic N) is 4. The summed E-state index contributed by atoms with van der Waals surface area (Å²) in [6.07, 6.45) is -3.13. The van der Waals surface area contributed by atoms with E-state index in [-0.39, 0.29) is 5.75 Å². The second-order valence-corrected chi connectivity index (χ2v) is 5.92. The van der Waals surface area contributed by atoms with Crippen molar-refractivity contribution in [2.75, 3.05) is 5.32 Å². The van der Waals surface area contributed by atoms with E-state index in [1.807, 2.05) is 0 Å². The van der Waals surface area contributed by atoms with Gasteiger partial charge in [-0.05, 0) is 60.7 Å². The predicted octanol–water partition coefficient (Wildman–Crippen LogP) is 3.97. The van der Waals surface area contributed by atoms with E-state index in [1.165, 1.54) is 12.1 Å². The van der Waals surface area contributed by atoms with Gasteiger partial charge in [-0.3, -0.25) is 4.79 Å². The van der Waals surface area contributed by atoms with Gasteiger partial charge in [-0.25, -0.2) is 4.98 Å². The number of halogens is 3. The molecule has 10 heteroatoms. The summed E-state index contributed by atoms with van der Waals surface area (Å²) >= 11 is 0. The third-order valence-corrected chi connectivity index (χ3v) is 3.93. The van der Waals surface area contributed by atoms with Gasteiger partial charge in [-0.15, -0.1) is 18.3 Å². The zero-order valence-corrected chi connectivity index (χ0v) is 14.6. The topological polar surface area (TPSA) is 81.9 Å². The van der Waals surface area contributed by atoms with Crippen LogP contribution in [0.3, 0.4) is 0 Å². The molecule has 1 N–H and O–H groups in total. The monoisotopic (exact) mass is 399 g/mol. The normalized spacial score (nSPS) is 11.4. The zero-order valence-electron chi connectivity index (χ0n) is 14.6. The molecular formula is C19H12F3N5O2. The highest BCUT2D eigenvalue weighted by molar-refractivity contribution is 6.04. The highest BCUT2D eigenvalue weighted by Gasteiger charge is 2.30. The van der Waals surface area contributed by atoms with E-state index in [2.05, 4.69) is 25.3 Å². The minimum absolute atomic E-state index is 0.333. The van der Waals surface area contributed by atoms with Gasteiger partial charge >= 0.3 is 6.36 Å². The molecule has 0 saturated heterocycles. The first-order chi connectivity index (χ1) is 13.9. The molecule has 2 heterocycles. The molecule has 0 unspecified atom stereocenters. The lowest BCUT2D eigenvalue weighted by atomic mass is 10.2. The van der Waals surface area contributed by atoms with E-state index >= 15 is 0 Å². The molecule has 0 aliphatic carbocycles. The van der Waals surface area contributed by atoms with E-state index in [0.29, 0.717) is 28.1 Å². The van der Waals surface area contributed by atoms with Crippen LogP contribution in [0.5, 0.6) is 5.75 Å². The Bertz CT molecular complexity index is 1160. The summed E-state index contributed by atoms with van der Waals surface area (Å²) in [5, 5.41) is 10.7. The lowest BCUT2D eigenvalue weighted by molar-refractivity contribution is -0.274. The van der Waals surface area contributed by atoms with E-state index in [0.717, 1.165) is 12.1 Å². The number of hydrogen-bond acceptors (Lipinski definition) is 5. The molecule has 0 aliphatic rings. The summed E-state index contributed by atoms with van der Waals surface area (Å²) in [5.41, 5.74) is 2.61. The van der Waals surface area contributed by atoms with Crippen LogP contribution in [0.1, 0.15) is 10.4 Å². The van der Waals surface area contributed by atoms with Crippen molar-refractivity contribution < 1.29 is 22.7 Å². The number of amides is 1. The average molecular weight is 399 g/mol. The number of alkyl halides is 3. The van der Waals surface area contributed by atoms with Crippen molar-refractivity contribution in [2.24, 2.45) is 0 Å². The molecule has 2 aromatic carbocycles. The van der Waals surface area contributed by atoms with E-state index in [4.69, 9.17) is 0 Å². The van der Waals surface area contributed by atoms with E-state index in [1.54, 1.807) is 47.3 Å². The van der Waals surface area contributed by atoms with Gasteiger partial charge in [0, 0.05) is 17.4 Å². The fraction of sp³-hybridized carbons (Fsp3) is 0.0526. The molecule has 1 amide bonds. The number of carbonyl (C=O) groups excluding carboxylic acids is 1. The fourth-order valence-electron chi connectivity index (χ4n) is 2.64. The SMILES string of the molecule is O=C(Nc1ccc(OC(F)(F)F)cc1)c1ccc(-n2nnc3cccnc32)cc1. The van der Waals surface area contributed by atoms with Crippen LogP contribution in [0.25, 0.3) is 16.9 Å². The minimum atomic E-state index is -4.77. The fourth-order valence-corrected chi connectivity index (χ4v) is 2.64. The first kappa shape index (κ1) is 18.4. The number of hydrogen-bond donors (Lipinski definition) is 1. The number of aromatic nitrogens is 4. The maximum Gasteiger partial charge on any atom is 0.573 e. The highest BCUT2D eigenvalue weighted by Crippen LogP contribution is 2.24. The molecule has 7 nitrogen and oxygen atoms in total. The summed E-state index contributed by atoms with van der Waals surface area (Å²) < 4.78 is 41.9. The van der Waals surface area contributed by atoms with E-state index in [9.17, 15) is 18.0 Å². The Morgan fingerprint density at radius 3 is 2.41 bits per heavy atom. The van der Waals surface area contributed by atoms with Crippen LogP contribution >= 0.6 is 0 Å². The summed E-state index contributed by atoms with van der Waals surface area (Å²) in [5.74, 6) is -0.781. The Kier molecular flexibility index (Phi) is 4.59. The summed E-state index contributed by atoms with van der Waals surface area (Å²) in [7, 11) is 0. The quantitative estimate of drug-likeness (QED) is 0.562. The zero-order chi connectivity index (χ0) is 20.4. The number of carbonyl (C=O) groups is 1. The smallest absolute Gasteiger partial charge is 0.406 e. The Morgan fingerprint density at radius 2 is 1.72 bits per heavy atom. The number of ether oxygens (including phenoxy) is 1. The molecular weight excluding hydrogens is 387 g/mol. The summed E-state index contributed by atoms with van der Waals surface area (Å²) in [6.45, 7) is 0. The van der Waals surface area contributed by atoms with Crippen LogP contribution in [0.4, 0.5) is 18.9 Å². The van der Waals surface area contributed by atoms with Gasteiger partial charge in [-0.2, -0.15) is 4.68 Å². The van der Waals surface area contributed by atoms with E-state index < -0.39 is 12.3 Å². The highest BCUT2D eigenvalue weighted by atomic mass is 19.4. The van der Waals surface area contributed by atoms with Crippen molar-refractivity contribution in [3.05, 3.63) is 72.4 Å². The van der Waals surface area contributed by atoms with Gasteiger partial charge in [0.25, 0.3) is 5.91 Å². The maximum atomic E-state index is 12.4. The van der Waals surface area contributed by atoms with Crippen molar-refractivity contribution in [3.8, 4) is 11.4 Å². The van der Waals surface area contributed by atoms with Crippen molar-refractivity contribution in [1.82, 2.24) is 20.0 Å². The number of benzene rings is 2. The standard InChI is InChI=1S/C19H12F3N5O2/c20-19(21,22)29-15-9-5-13(6-10-15)24-18(28)12-3-7-14(8-4-12)27-17-16(25-26-27)2-1-11-23-17/h1-11H,(H,24,28). The van der Waals surface area contributed by atoms with Gasteiger partial charge in [0.2, 0.25) is 0 Å². The van der Waals surface area contributed by atoms with Crippen molar-refractivity contribution in [1.29, 1.82) is 0 Å². The summed E-state index contributed by atoms with van der Waals surface area (Å²) in [6, 6.07) is 15.0. The molecule has 0 atom stereocenters. The molecule has 29 heavy (non-hydrogen) atoms. The molecule has 0 fully saturated rings.